The van der Waals surface area contributed by atoms with Crippen LogP contribution >= 0.6 is 11.3 Å². The molecule has 0 bridgehead atoms. The number of fused-ring (bicyclic) bond motifs is 18. The van der Waals surface area contributed by atoms with E-state index in [0.717, 1.165) is 0 Å². The highest BCUT2D eigenvalue weighted by Gasteiger charge is 2.47. The van der Waals surface area contributed by atoms with Crippen molar-refractivity contribution in [2.45, 2.75) is 90.9 Å². The Morgan fingerprint density at radius 1 is 0.485 bits per heavy atom. The Balaban J connectivity index is 1.16. The van der Waals surface area contributed by atoms with E-state index in [4.69, 9.17) is 0 Å². The van der Waals surface area contributed by atoms with Crippen LogP contribution in [0.15, 0.2) is 140 Å². The summed E-state index contributed by atoms with van der Waals surface area (Å²) in [5.41, 5.74) is 25.6. The molecule has 0 N–H and O–H groups in total. The van der Waals surface area contributed by atoms with Crippen LogP contribution in [0.1, 0.15) is 103 Å². The lowest BCUT2D eigenvalue weighted by Gasteiger charge is -2.42. The number of nitrogens with zero attached hydrogens (tertiary/aromatic N) is 2. The molecule has 2 nitrogen and oxygen atoms in total. The van der Waals surface area contributed by atoms with E-state index in [1.54, 1.807) is 0 Å². The summed E-state index contributed by atoms with van der Waals surface area (Å²) in [4.78, 5) is 2.73. The van der Waals surface area contributed by atoms with Gasteiger partial charge in [0.1, 0.15) is 0 Å². The molecule has 0 radical (unpaired) electrons. The third-order valence-corrected chi connectivity index (χ3v) is 17.6. The van der Waals surface area contributed by atoms with Crippen molar-refractivity contribution in [1.82, 2.24) is 4.57 Å². The predicted molar refractivity (Wildman–Crippen MR) is 285 cm³/mol. The first-order chi connectivity index (χ1) is 31.5. The molecule has 66 heavy (non-hydrogen) atoms. The lowest BCUT2D eigenvalue weighted by atomic mass is 9.43. The van der Waals surface area contributed by atoms with Crippen LogP contribution in [0.3, 0.4) is 0 Å². The topological polar surface area (TPSA) is 8.17 Å². The van der Waals surface area contributed by atoms with Crippen molar-refractivity contribution in [2.75, 3.05) is 4.81 Å². The van der Waals surface area contributed by atoms with Gasteiger partial charge in [-0.3, -0.25) is 0 Å². The fourth-order valence-electron chi connectivity index (χ4n) is 13.0. The molecule has 2 aromatic heterocycles. The second-order valence-corrected chi connectivity index (χ2v) is 24.0. The normalized spacial score (nSPS) is 15.9. The van der Waals surface area contributed by atoms with Crippen LogP contribution < -0.4 is 15.7 Å². The predicted octanol–water partition coefficient (Wildman–Crippen LogP) is 15.6. The Morgan fingerprint density at radius 3 is 1.89 bits per heavy atom. The molecule has 0 unspecified atom stereocenters. The summed E-state index contributed by atoms with van der Waals surface area (Å²) in [5, 5.41) is 5.42. The van der Waals surface area contributed by atoms with E-state index in [1.807, 2.05) is 11.3 Å². The fourth-order valence-corrected chi connectivity index (χ4v) is 14.1. The first-order valence-corrected chi connectivity index (χ1v) is 24.8. The van der Waals surface area contributed by atoms with Crippen LogP contribution in [0, 0.1) is 0 Å². The van der Waals surface area contributed by atoms with Gasteiger partial charge in [-0.05, 0) is 131 Å². The molecular formula is C62H53BN2S. The van der Waals surface area contributed by atoms with Gasteiger partial charge in [-0.1, -0.05) is 160 Å². The quantitative estimate of drug-likeness (QED) is 0.149. The Bertz CT molecular complexity index is 3840. The molecule has 4 heterocycles. The molecule has 8 aromatic carbocycles. The standard InChI is InChI=1S/C62H53BN2S/c1-59(2,3)34-19-22-36(23-20-34)65-51-33-54-44(43-29-35(60(4,5)6)21-28-53(43)66-54)30-42(51)38-24-25-40-56-50(27-26-47-55(56)39-16-12-14-18-46(39)61(47,7)8)64-52-32-48-41(31-49(52)63(65)57(38)58(40)64)37-15-11-13-17-45(37)62(48,9)10/h11-33H,1-10H3. The molecule has 10 aromatic rings. The van der Waals surface area contributed by atoms with Gasteiger partial charge in [-0.25, -0.2) is 0 Å². The number of benzene rings is 8. The van der Waals surface area contributed by atoms with Crippen LogP contribution in [0.25, 0.3) is 81.0 Å². The number of aromatic nitrogens is 1. The van der Waals surface area contributed by atoms with Crippen LogP contribution in [0.5, 0.6) is 0 Å². The van der Waals surface area contributed by atoms with Crippen LogP contribution in [-0.2, 0) is 21.7 Å². The Morgan fingerprint density at radius 2 is 1.15 bits per heavy atom. The van der Waals surface area contributed by atoms with Gasteiger partial charge in [0.2, 0.25) is 0 Å². The van der Waals surface area contributed by atoms with E-state index in [1.165, 1.54) is 137 Å². The van der Waals surface area contributed by atoms with Gasteiger partial charge in [-0.2, -0.15) is 0 Å². The zero-order valence-electron chi connectivity index (χ0n) is 39.7. The Labute approximate surface area is 392 Å². The number of anilines is 2. The summed E-state index contributed by atoms with van der Waals surface area (Å²) in [6.07, 6.45) is 0. The first-order valence-electron chi connectivity index (χ1n) is 24.0. The Kier molecular flexibility index (Phi) is 7.27. The van der Waals surface area contributed by atoms with Crippen molar-refractivity contribution in [3.8, 4) is 39.1 Å². The van der Waals surface area contributed by atoms with Crippen molar-refractivity contribution >= 4 is 82.5 Å². The smallest absolute Gasteiger partial charge is 0.333 e. The Hall–Kier alpha value is -6.36. The fraction of sp³-hybridized carbons (Fsp3) is 0.226. The second-order valence-electron chi connectivity index (χ2n) is 22.9. The maximum atomic E-state index is 2.73. The van der Waals surface area contributed by atoms with Gasteiger partial charge in [0.05, 0.1) is 11.0 Å². The molecule has 0 spiro atoms. The minimum atomic E-state index is -0.142. The van der Waals surface area contributed by atoms with E-state index in [-0.39, 0.29) is 28.5 Å². The maximum Gasteiger partial charge on any atom is 0.333 e. The monoisotopic (exact) mass is 868 g/mol. The lowest BCUT2D eigenvalue weighted by Crippen LogP contribution is -2.60. The van der Waals surface area contributed by atoms with Gasteiger partial charge in [0.25, 0.3) is 0 Å². The molecule has 0 fully saturated rings. The van der Waals surface area contributed by atoms with Gasteiger partial charge in [0.15, 0.2) is 0 Å². The molecule has 14 rings (SSSR count). The average molecular weight is 869 g/mol. The molecule has 0 saturated carbocycles. The van der Waals surface area contributed by atoms with E-state index >= 15 is 0 Å². The lowest BCUT2D eigenvalue weighted by molar-refractivity contribution is 0.590. The summed E-state index contributed by atoms with van der Waals surface area (Å²) in [7, 11) is 0. The molecule has 0 atom stereocenters. The zero-order chi connectivity index (χ0) is 45.1. The SMILES string of the molecule is CC(C)(C)c1ccc(N2B3c4cc5c(cc4-n4c6ccc7c(c6c6ccc(c3c64)-c3cc4c(cc32)sc2ccc(C(C)(C)C)cc24)-c2ccccc2C7(C)C)C(C)(C)c2ccccc2-5)cc1. The maximum absolute atomic E-state index is 2.73. The number of hydrogen-bond donors (Lipinski definition) is 0. The molecule has 320 valence electrons. The van der Waals surface area contributed by atoms with Crippen LogP contribution in [0.4, 0.5) is 11.4 Å². The van der Waals surface area contributed by atoms with Gasteiger partial charge >= 0.3 is 6.85 Å². The largest absolute Gasteiger partial charge is 0.376 e. The molecule has 0 saturated heterocycles. The highest BCUT2D eigenvalue weighted by atomic mass is 32.1. The summed E-state index contributed by atoms with van der Waals surface area (Å²) < 4.78 is 5.38. The van der Waals surface area contributed by atoms with Gasteiger partial charge in [-0.15, -0.1) is 11.3 Å². The van der Waals surface area contributed by atoms with Crippen molar-refractivity contribution < 1.29 is 0 Å². The number of hydrogen-bond acceptors (Lipinski definition) is 2. The van der Waals surface area contributed by atoms with Crippen LogP contribution in [0.2, 0.25) is 0 Å². The third kappa shape index (κ3) is 4.78. The highest BCUT2D eigenvalue weighted by molar-refractivity contribution is 7.25. The number of thiophene rings is 1. The molecule has 2 aliphatic heterocycles. The van der Waals surface area contributed by atoms with E-state index in [2.05, 4.69) is 218 Å². The molecule has 4 heteroatoms. The zero-order valence-corrected chi connectivity index (χ0v) is 40.5. The minimum absolute atomic E-state index is 0.0405. The molecule has 2 aliphatic carbocycles. The van der Waals surface area contributed by atoms with Gasteiger partial charge < -0.3 is 9.38 Å². The number of rotatable bonds is 1. The average Bonchev–Trinajstić information content (AvgIpc) is 3.97. The van der Waals surface area contributed by atoms with Crippen molar-refractivity contribution in [1.29, 1.82) is 0 Å². The highest BCUT2D eigenvalue weighted by Crippen LogP contribution is 2.56. The molecule has 0 amide bonds. The van der Waals surface area contributed by atoms with Crippen LogP contribution in [-0.4, -0.2) is 11.4 Å². The van der Waals surface area contributed by atoms with Crippen molar-refractivity contribution in [3.05, 3.63) is 173 Å². The second kappa shape index (κ2) is 12.3. The van der Waals surface area contributed by atoms with E-state index < -0.39 is 0 Å². The summed E-state index contributed by atoms with van der Waals surface area (Å²) in [6.45, 7) is 23.6. The minimum Gasteiger partial charge on any atom is -0.376 e. The van der Waals surface area contributed by atoms with E-state index in [0.29, 0.717) is 0 Å². The summed E-state index contributed by atoms with van der Waals surface area (Å²) in [6, 6.07) is 55.3. The van der Waals surface area contributed by atoms with Gasteiger partial charge in [0, 0.05) is 64.4 Å². The molecule has 4 aliphatic rings. The third-order valence-electron chi connectivity index (χ3n) is 16.5. The first kappa shape index (κ1) is 38.9. The van der Waals surface area contributed by atoms with E-state index in [9.17, 15) is 0 Å². The molecular weight excluding hydrogens is 816 g/mol. The van der Waals surface area contributed by atoms with Crippen molar-refractivity contribution in [3.63, 3.8) is 0 Å². The van der Waals surface area contributed by atoms with Crippen molar-refractivity contribution in [2.24, 2.45) is 0 Å². The summed E-state index contributed by atoms with van der Waals surface area (Å²) in [5.74, 6) is 0. The summed E-state index contributed by atoms with van der Waals surface area (Å²) >= 11 is 1.93.